The molecule has 2 amide bonds. The third kappa shape index (κ3) is 4.69. The number of amides is 2. The van der Waals surface area contributed by atoms with E-state index in [1.165, 1.54) is 16.7 Å². The van der Waals surface area contributed by atoms with Crippen molar-refractivity contribution < 1.29 is 24.2 Å². The maximum absolute atomic E-state index is 13.0. The molecule has 4 rings (SSSR count). The van der Waals surface area contributed by atoms with E-state index in [2.05, 4.69) is 29.3 Å². The zero-order valence-electron chi connectivity index (χ0n) is 18.1. The normalized spacial score (nSPS) is 17.4. The van der Waals surface area contributed by atoms with Crippen LogP contribution in [0.25, 0.3) is 11.1 Å². The Morgan fingerprint density at radius 1 is 1.15 bits per heavy atom. The molecular weight excluding hydrogens is 440 g/mol. The van der Waals surface area contributed by atoms with Gasteiger partial charge < -0.3 is 20.1 Å². The van der Waals surface area contributed by atoms with E-state index in [1.54, 1.807) is 6.92 Å². The fourth-order valence-electron chi connectivity index (χ4n) is 4.25. The third-order valence-electron chi connectivity index (χ3n) is 5.87. The van der Waals surface area contributed by atoms with Crippen LogP contribution in [-0.4, -0.2) is 58.3 Å². The second-order valence-corrected chi connectivity index (χ2v) is 8.82. The molecule has 8 heteroatoms. The average molecular weight is 465 g/mol. The largest absolute Gasteiger partial charge is 0.480 e. The van der Waals surface area contributed by atoms with Gasteiger partial charge in [0.15, 0.2) is 0 Å². The van der Waals surface area contributed by atoms with Gasteiger partial charge in [-0.05, 0) is 29.2 Å². The lowest BCUT2D eigenvalue weighted by atomic mass is 9.98. The van der Waals surface area contributed by atoms with Gasteiger partial charge in [0.2, 0.25) is 5.91 Å². The molecule has 0 saturated carbocycles. The fraction of sp³-hybridized carbons (Fsp3) is 0.320. The highest BCUT2D eigenvalue weighted by Gasteiger charge is 2.38. The number of fused-ring (bicyclic) bond motifs is 3. The van der Waals surface area contributed by atoms with Crippen LogP contribution in [0.4, 0.5) is 4.79 Å². The highest BCUT2D eigenvalue weighted by Crippen LogP contribution is 2.44. The van der Waals surface area contributed by atoms with Crippen LogP contribution < -0.4 is 5.32 Å². The van der Waals surface area contributed by atoms with Gasteiger partial charge in [0.25, 0.3) is 0 Å². The monoisotopic (exact) mass is 464 g/mol. The smallest absolute Gasteiger partial charge is 0.407 e. The number of benzene rings is 2. The molecule has 0 spiro atoms. The van der Waals surface area contributed by atoms with Crippen LogP contribution in [0.2, 0.25) is 0 Å². The maximum atomic E-state index is 13.0. The van der Waals surface area contributed by atoms with E-state index in [-0.39, 0.29) is 24.8 Å². The summed E-state index contributed by atoms with van der Waals surface area (Å²) in [6.07, 6.45) is -0.653. The van der Waals surface area contributed by atoms with Crippen molar-refractivity contribution >= 4 is 29.7 Å². The van der Waals surface area contributed by atoms with Gasteiger partial charge >= 0.3 is 12.1 Å². The molecule has 1 fully saturated rings. The number of carboxylic acid groups (broad SMARTS) is 1. The molecule has 0 aromatic heterocycles. The number of rotatable bonds is 6. The second kappa shape index (κ2) is 10.0. The minimum absolute atomic E-state index is 0.0764. The molecule has 2 aromatic carbocycles. The van der Waals surface area contributed by atoms with Gasteiger partial charge in [0, 0.05) is 18.1 Å². The summed E-state index contributed by atoms with van der Waals surface area (Å²) in [4.78, 5) is 38.4. The van der Waals surface area contributed by atoms with Crippen LogP contribution >= 0.6 is 11.8 Å². The molecule has 7 nitrogen and oxygen atoms in total. The number of nitrogens with zero attached hydrogens (tertiary/aromatic N) is 1. The molecule has 1 saturated heterocycles. The van der Waals surface area contributed by atoms with Gasteiger partial charge in [-0.15, -0.1) is 23.6 Å². The molecular formula is C25H24N2O5S. The van der Waals surface area contributed by atoms with E-state index in [9.17, 15) is 19.5 Å². The Hall–Kier alpha value is -3.44. The number of hydrogen-bond donors (Lipinski definition) is 2. The molecule has 1 aliphatic carbocycles. The van der Waals surface area contributed by atoms with Gasteiger partial charge in [-0.1, -0.05) is 48.5 Å². The fourth-order valence-corrected chi connectivity index (χ4v) is 5.41. The van der Waals surface area contributed by atoms with Crippen molar-refractivity contribution in [2.45, 2.75) is 31.3 Å². The van der Waals surface area contributed by atoms with Gasteiger partial charge in [0.1, 0.15) is 18.7 Å². The van der Waals surface area contributed by atoms with Crippen LogP contribution in [0.15, 0.2) is 48.5 Å². The van der Waals surface area contributed by atoms with Gasteiger partial charge in [-0.3, -0.25) is 4.79 Å². The second-order valence-electron chi connectivity index (χ2n) is 7.82. The number of carboxylic acids is 1. The van der Waals surface area contributed by atoms with Gasteiger partial charge in [0.05, 0.1) is 5.88 Å². The molecule has 0 radical (unpaired) electrons. The van der Waals surface area contributed by atoms with E-state index < -0.39 is 30.1 Å². The number of alkyl carbamates (subject to hydrolysis) is 1. The quantitative estimate of drug-likeness (QED) is 0.637. The maximum Gasteiger partial charge on any atom is 0.407 e. The Labute approximate surface area is 196 Å². The van der Waals surface area contributed by atoms with Crippen LogP contribution in [0.5, 0.6) is 0 Å². The van der Waals surface area contributed by atoms with Crippen molar-refractivity contribution in [1.29, 1.82) is 0 Å². The van der Waals surface area contributed by atoms with Crippen molar-refractivity contribution in [3.63, 3.8) is 0 Å². The first-order valence-corrected chi connectivity index (χ1v) is 11.8. The minimum atomic E-state index is -1.06. The number of nitrogens with one attached hydrogen (secondary N) is 1. The Balaban J connectivity index is 1.45. The molecule has 2 atom stereocenters. The Morgan fingerprint density at radius 2 is 1.79 bits per heavy atom. The van der Waals surface area contributed by atoms with E-state index in [4.69, 9.17) is 4.74 Å². The summed E-state index contributed by atoms with van der Waals surface area (Å²) in [5.41, 5.74) is 4.43. The number of aliphatic carboxylic acids is 1. The lowest BCUT2D eigenvalue weighted by Gasteiger charge is -2.25. The number of carbonyl (C=O) groups excluding carboxylic acids is 2. The molecule has 170 valence electrons. The lowest BCUT2D eigenvalue weighted by Crippen LogP contribution is -2.52. The first-order valence-electron chi connectivity index (χ1n) is 10.6. The molecule has 2 aromatic rings. The van der Waals surface area contributed by atoms with Crippen molar-refractivity contribution in [1.82, 2.24) is 10.2 Å². The van der Waals surface area contributed by atoms with E-state index >= 15 is 0 Å². The molecule has 2 aliphatic rings. The zero-order chi connectivity index (χ0) is 23.4. The van der Waals surface area contributed by atoms with Crippen molar-refractivity contribution in [2.75, 3.05) is 18.2 Å². The highest BCUT2D eigenvalue weighted by molar-refractivity contribution is 7.99. The molecule has 33 heavy (non-hydrogen) atoms. The predicted molar refractivity (Wildman–Crippen MR) is 126 cm³/mol. The summed E-state index contributed by atoms with van der Waals surface area (Å²) in [6.45, 7) is 1.76. The molecule has 1 heterocycles. The molecule has 1 aliphatic heterocycles. The van der Waals surface area contributed by atoms with Gasteiger partial charge in [-0.2, -0.15) is 0 Å². The van der Waals surface area contributed by atoms with E-state index in [1.807, 2.05) is 36.4 Å². The van der Waals surface area contributed by atoms with Crippen molar-refractivity contribution in [3.05, 3.63) is 59.7 Å². The molecule has 0 bridgehead atoms. The van der Waals surface area contributed by atoms with Gasteiger partial charge in [-0.25, -0.2) is 9.59 Å². The van der Waals surface area contributed by atoms with Crippen molar-refractivity contribution in [3.8, 4) is 23.0 Å². The first-order chi connectivity index (χ1) is 16.0. The van der Waals surface area contributed by atoms with Crippen LogP contribution in [0, 0.1) is 11.8 Å². The topological polar surface area (TPSA) is 95.9 Å². The summed E-state index contributed by atoms with van der Waals surface area (Å²) in [6, 6.07) is 14.2. The standard InChI is InChI=1S/C25H24N2O5S/c1-2-3-12-21(23(28)27-15-33-14-22(27)24(29)30)26-25(31)32-13-20-18-10-6-4-8-16(18)17-9-5-7-11-19(17)20/h4-11,20-22H,12-15H2,1H3,(H,26,31)(H,29,30)/t21?,22-/m0/s1. The van der Waals surface area contributed by atoms with Crippen LogP contribution in [-0.2, 0) is 14.3 Å². The summed E-state index contributed by atoms with van der Waals surface area (Å²) in [5, 5.41) is 12.0. The number of carbonyl (C=O) groups is 3. The zero-order valence-corrected chi connectivity index (χ0v) is 18.9. The van der Waals surface area contributed by atoms with Crippen molar-refractivity contribution in [2.24, 2.45) is 0 Å². The number of ether oxygens (including phenoxy) is 1. The third-order valence-corrected chi connectivity index (χ3v) is 6.88. The Morgan fingerprint density at radius 3 is 2.39 bits per heavy atom. The van der Waals surface area contributed by atoms with E-state index in [0.29, 0.717) is 5.75 Å². The lowest BCUT2D eigenvalue weighted by molar-refractivity contribution is -0.148. The summed E-state index contributed by atoms with van der Waals surface area (Å²) in [5.74, 6) is 4.47. The highest BCUT2D eigenvalue weighted by atomic mass is 32.2. The van der Waals surface area contributed by atoms with Crippen LogP contribution in [0.1, 0.15) is 30.4 Å². The Kier molecular flexibility index (Phi) is 6.90. The summed E-state index contributed by atoms with van der Waals surface area (Å²) in [7, 11) is 0. The van der Waals surface area contributed by atoms with Crippen LogP contribution in [0.3, 0.4) is 0 Å². The summed E-state index contributed by atoms with van der Waals surface area (Å²) >= 11 is 1.37. The number of hydrogen-bond acceptors (Lipinski definition) is 5. The predicted octanol–water partition coefficient (Wildman–Crippen LogP) is 3.29. The Bertz CT molecular complexity index is 1090. The minimum Gasteiger partial charge on any atom is -0.480 e. The first kappa shape index (κ1) is 22.7. The number of thioether (sulfide) groups is 1. The molecule has 2 N–H and O–H groups in total. The molecule has 1 unspecified atom stereocenters. The SMILES string of the molecule is CC#CCC(NC(=O)OCC1c2ccccc2-c2ccccc21)C(=O)N1CSC[C@H]1C(=O)O. The summed E-state index contributed by atoms with van der Waals surface area (Å²) < 4.78 is 5.55. The van der Waals surface area contributed by atoms with E-state index in [0.717, 1.165) is 22.3 Å². The average Bonchev–Trinajstić information content (AvgIpc) is 3.43.